The molecule has 0 aromatic heterocycles. The van der Waals surface area contributed by atoms with Crippen LogP contribution in [0.25, 0.3) is 0 Å². The Morgan fingerprint density at radius 1 is 1.55 bits per heavy atom. The number of rotatable bonds is 4. The maximum atomic E-state index is 9.55. The highest BCUT2D eigenvalue weighted by Gasteiger charge is 1.86. The van der Waals surface area contributed by atoms with Gasteiger partial charge in [0.1, 0.15) is 6.61 Å². The van der Waals surface area contributed by atoms with E-state index in [1.807, 2.05) is 25.9 Å². The minimum Gasteiger partial charge on any atom is -0.467 e. The SMILES string of the molecule is C=CC.CN(C)CCOC=O. The van der Waals surface area contributed by atoms with Crippen LogP contribution in [0.4, 0.5) is 0 Å². The van der Waals surface area contributed by atoms with Crippen LogP contribution in [0.1, 0.15) is 6.92 Å². The molecule has 0 saturated carbocycles. The summed E-state index contributed by atoms with van der Waals surface area (Å²) in [5, 5.41) is 0. The Morgan fingerprint density at radius 3 is 2.27 bits per heavy atom. The maximum Gasteiger partial charge on any atom is 0.293 e. The van der Waals surface area contributed by atoms with E-state index < -0.39 is 0 Å². The molecule has 0 aromatic carbocycles. The molecule has 0 bridgehead atoms. The molecule has 0 rings (SSSR count). The van der Waals surface area contributed by atoms with Crippen LogP contribution >= 0.6 is 0 Å². The van der Waals surface area contributed by atoms with Gasteiger partial charge in [-0.05, 0) is 21.0 Å². The van der Waals surface area contributed by atoms with E-state index in [0.717, 1.165) is 6.54 Å². The van der Waals surface area contributed by atoms with Gasteiger partial charge in [0, 0.05) is 6.54 Å². The lowest BCUT2D eigenvalue weighted by Crippen LogP contribution is -2.17. The summed E-state index contributed by atoms with van der Waals surface area (Å²) >= 11 is 0. The average molecular weight is 159 g/mol. The molecule has 0 unspecified atom stereocenters. The van der Waals surface area contributed by atoms with Crippen LogP contribution in [0.2, 0.25) is 0 Å². The van der Waals surface area contributed by atoms with E-state index >= 15 is 0 Å². The summed E-state index contributed by atoms with van der Waals surface area (Å²) in [6, 6.07) is 0. The Morgan fingerprint density at radius 2 is 2.00 bits per heavy atom. The molecule has 3 heteroatoms. The number of nitrogens with zero attached hydrogens (tertiary/aromatic N) is 1. The lowest BCUT2D eigenvalue weighted by Gasteiger charge is -2.06. The summed E-state index contributed by atoms with van der Waals surface area (Å²) < 4.78 is 4.42. The number of hydrogen-bond acceptors (Lipinski definition) is 3. The summed E-state index contributed by atoms with van der Waals surface area (Å²) in [5.41, 5.74) is 0. The summed E-state index contributed by atoms with van der Waals surface area (Å²) in [6.45, 7) is 6.98. The fourth-order valence-electron chi connectivity index (χ4n) is 0.283. The molecular formula is C8H17NO2. The molecule has 0 atom stereocenters. The van der Waals surface area contributed by atoms with Crippen LogP contribution in [-0.2, 0) is 9.53 Å². The Kier molecular flexibility index (Phi) is 13.9. The van der Waals surface area contributed by atoms with Gasteiger partial charge in [-0.2, -0.15) is 0 Å². The second kappa shape index (κ2) is 11.9. The van der Waals surface area contributed by atoms with E-state index in [0.29, 0.717) is 13.1 Å². The molecular weight excluding hydrogens is 142 g/mol. The van der Waals surface area contributed by atoms with Gasteiger partial charge in [0.25, 0.3) is 6.47 Å². The zero-order valence-electron chi connectivity index (χ0n) is 7.54. The molecule has 0 radical (unpaired) electrons. The van der Waals surface area contributed by atoms with Gasteiger partial charge in [-0.1, -0.05) is 6.08 Å². The Hall–Kier alpha value is -0.830. The van der Waals surface area contributed by atoms with Gasteiger partial charge in [-0.3, -0.25) is 4.79 Å². The zero-order valence-corrected chi connectivity index (χ0v) is 7.54. The Balaban J connectivity index is 0. The molecule has 0 amide bonds. The first kappa shape index (κ1) is 12.8. The third-order valence-electron chi connectivity index (χ3n) is 0.724. The highest BCUT2D eigenvalue weighted by atomic mass is 16.5. The third kappa shape index (κ3) is 27.1. The monoisotopic (exact) mass is 159 g/mol. The quantitative estimate of drug-likeness (QED) is 0.347. The van der Waals surface area contributed by atoms with Crippen molar-refractivity contribution in [2.75, 3.05) is 27.2 Å². The van der Waals surface area contributed by atoms with Gasteiger partial charge >= 0.3 is 0 Å². The first-order valence-corrected chi connectivity index (χ1v) is 3.46. The fraction of sp³-hybridized carbons (Fsp3) is 0.625. The molecule has 0 fully saturated rings. The normalized spacial score (nSPS) is 8.00. The van der Waals surface area contributed by atoms with Crippen molar-refractivity contribution in [3.05, 3.63) is 12.7 Å². The van der Waals surface area contributed by atoms with Crippen LogP contribution < -0.4 is 0 Å². The van der Waals surface area contributed by atoms with Crippen LogP contribution in [0.5, 0.6) is 0 Å². The largest absolute Gasteiger partial charge is 0.467 e. The van der Waals surface area contributed by atoms with E-state index in [1.165, 1.54) is 0 Å². The first-order chi connectivity index (χ1) is 5.18. The first-order valence-electron chi connectivity index (χ1n) is 3.46. The predicted octanol–water partition coefficient (Wildman–Crippen LogP) is 0.913. The van der Waals surface area contributed by atoms with E-state index in [4.69, 9.17) is 0 Å². The summed E-state index contributed by atoms with van der Waals surface area (Å²) in [7, 11) is 3.85. The van der Waals surface area contributed by atoms with E-state index in [-0.39, 0.29) is 0 Å². The number of ether oxygens (including phenoxy) is 1. The van der Waals surface area contributed by atoms with Gasteiger partial charge in [-0.15, -0.1) is 6.58 Å². The lowest BCUT2D eigenvalue weighted by atomic mass is 10.6. The van der Waals surface area contributed by atoms with Gasteiger partial charge in [0.15, 0.2) is 0 Å². The van der Waals surface area contributed by atoms with Crippen molar-refractivity contribution in [2.45, 2.75) is 6.92 Å². The number of allylic oxidation sites excluding steroid dienone is 1. The summed E-state index contributed by atoms with van der Waals surface area (Å²) in [4.78, 5) is 11.5. The maximum absolute atomic E-state index is 9.55. The molecule has 0 saturated heterocycles. The van der Waals surface area contributed by atoms with E-state index in [9.17, 15) is 4.79 Å². The molecule has 66 valence electrons. The molecule has 0 aliphatic heterocycles. The second-order valence-corrected chi connectivity index (χ2v) is 2.18. The molecule has 11 heavy (non-hydrogen) atoms. The van der Waals surface area contributed by atoms with E-state index in [1.54, 1.807) is 6.08 Å². The van der Waals surface area contributed by atoms with Crippen LogP contribution in [0, 0.1) is 0 Å². The third-order valence-corrected chi connectivity index (χ3v) is 0.724. The fourth-order valence-corrected chi connectivity index (χ4v) is 0.283. The van der Waals surface area contributed by atoms with Crippen LogP contribution in [0.15, 0.2) is 12.7 Å². The average Bonchev–Trinajstić information content (AvgIpc) is 1.89. The number of carbonyl (C=O) groups is 1. The molecule has 0 N–H and O–H groups in total. The number of carbonyl (C=O) groups excluding carboxylic acids is 1. The lowest BCUT2D eigenvalue weighted by molar-refractivity contribution is -0.128. The van der Waals surface area contributed by atoms with Crippen molar-refractivity contribution < 1.29 is 9.53 Å². The molecule has 0 aliphatic carbocycles. The molecule has 0 aliphatic rings. The van der Waals surface area contributed by atoms with Crippen molar-refractivity contribution in [1.29, 1.82) is 0 Å². The standard InChI is InChI=1S/C5H11NO2.C3H6/c1-6(2)3-4-8-5-7;1-3-2/h5H,3-4H2,1-2H3;3H,1H2,2H3. The van der Waals surface area contributed by atoms with Crippen LogP contribution in [0.3, 0.4) is 0 Å². The van der Waals surface area contributed by atoms with Gasteiger partial charge in [-0.25, -0.2) is 0 Å². The van der Waals surface area contributed by atoms with Crippen molar-refractivity contribution in [3.63, 3.8) is 0 Å². The van der Waals surface area contributed by atoms with E-state index in [2.05, 4.69) is 11.3 Å². The molecule has 0 spiro atoms. The number of hydrogen-bond donors (Lipinski definition) is 0. The summed E-state index contributed by atoms with van der Waals surface area (Å²) in [5.74, 6) is 0. The minimum absolute atomic E-state index is 0.462. The Bertz CT molecular complexity index is 92.1. The summed E-state index contributed by atoms with van der Waals surface area (Å²) in [6.07, 6.45) is 1.75. The predicted molar refractivity (Wildman–Crippen MR) is 46.4 cm³/mol. The van der Waals surface area contributed by atoms with Gasteiger partial charge in [0.2, 0.25) is 0 Å². The highest BCUT2D eigenvalue weighted by molar-refractivity contribution is 5.36. The van der Waals surface area contributed by atoms with Crippen molar-refractivity contribution in [1.82, 2.24) is 4.90 Å². The van der Waals surface area contributed by atoms with Crippen molar-refractivity contribution >= 4 is 6.47 Å². The second-order valence-electron chi connectivity index (χ2n) is 2.18. The zero-order chi connectivity index (χ0) is 9.11. The Labute approximate surface area is 68.6 Å². The number of likely N-dealkylation sites (N-methyl/N-ethyl adjacent to an activating group) is 1. The topological polar surface area (TPSA) is 29.5 Å². The van der Waals surface area contributed by atoms with Crippen LogP contribution in [-0.4, -0.2) is 38.6 Å². The molecule has 0 aromatic rings. The van der Waals surface area contributed by atoms with Crippen molar-refractivity contribution in [3.8, 4) is 0 Å². The minimum atomic E-state index is 0.462. The van der Waals surface area contributed by atoms with Crippen molar-refractivity contribution in [2.24, 2.45) is 0 Å². The highest BCUT2D eigenvalue weighted by Crippen LogP contribution is 1.72. The smallest absolute Gasteiger partial charge is 0.293 e. The molecule has 3 nitrogen and oxygen atoms in total. The van der Waals surface area contributed by atoms with Gasteiger partial charge < -0.3 is 9.64 Å². The molecule has 0 heterocycles. The van der Waals surface area contributed by atoms with Gasteiger partial charge in [0.05, 0.1) is 0 Å².